The van der Waals surface area contributed by atoms with E-state index in [0.29, 0.717) is 11.4 Å². The number of ether oxygens (including phenoxy) is 1. The fraction of sp³-hybridized carbons (Fsp3) is 0.222. The van der Waals surface area contributed by atoms with E-state index in [1.807, 2.05) is 26.0 Å². The number of hydrogen-bond donors (Lipinski definition) is 2. The average molecular weight is 357 g/mol. The molecule has 0 aliphatic rings. The standard InChI is InChI=1S/C18H19N3O5/c1-11-4-5-13(8-12(11)2)20-17(22)10-26-18(23)15-9-14(21(24)25)6-7-16(15)19-3/h4-9,19H,10H2,1-3H3,(H,20,22). The normalized spacial score (nSPS) is 10.1. The van der Waals surface area contributed by atoms with E-state index in [4.69, 9.17) is 4.74 Å². The molecule has 0 radical (unpaired) electrons. The Kier molecular flexibility index (Phi) is 5.90. The summed E-state index contributed by atoms with van der Waals surface area (Å²) >= 11 is 0. The van der Waals surface area contributed by atoms with Gasteiger partial charge in [0.2, 0.25) is 0 Å². The van der Waals surface area contributed by atoms with Gasteiger partial charge in [-0.3, -0.25) is 14.9 Å². The molecule has 0 saturated carbocycles. The molecule has 2 aromatic carbocycles. The van der Waals surface area contributed by atoms with Crippen LogP contribution in [-0.2, 0) is 9.53 Å². The van der Waals surface area contributed by atoms with Crippen molar-refractivity contribution in [1.82, 2.24) is 0 Å². The zero-order chi connectivity index (χ0) is 19.3. The number of nitro groups is 1. The van der Waals surface area contributed by atoms with Crippen molar-refractivity contribution in [3.63, 3.8) is 0 Å². The largest absolute Gasteiger partial charge is 0.452 e. The molecule has 0 atom stereocenters. The van der Waals surface area contributed by atoms with Gasteiger partial charge in [-0.15, -0.1) is 0 Å². The predicted molar refractivity (Wildman–Crippen MR) is 97.5 cm³/mol. The second-order valence-corrected chi connectivity index (χ2v) is 5.66. The summed E-state index contributed by atoms with van der Waals surface area (Å²) in [7, 11) is 1.57. The number of carbonyl (C=O) groups is 2. The number of aryl methyl sites for hydroxylation is 2. The van der Waals surface area contributed by atoms with Crippen LogP contribution in [0.2, 0.25) is 0 Å². The molecule has 1 amide bonds. The monoisotopic (exact) mass is 357 g/mol. The van der Waals surface area contributed by atoms with E-state index in [-0.39, 0.29) is 11.3 Å². The number of non-ortho nitro benzene ring substituents is 1. The van der Waals surface area contributed by atoms with Gasteiger partial charge in [0, 0.05) is 30.6 Å². The molecule has 0 bridgehead atoms. The number of anilines is 2. The predicted octanol–water partition coefficient (Wildman–Crippen LogP) is 3.05. The van der Waals surface area contributed by atoms with Gasteiger partial charge in [0.25, 0.3) is 11.6 Å². The third-order valence-corrected chi connectivity index (χ3v) is 3.83. The minimum absolute atomic E-state index is 0.0133. The summed E-state index contributed by atoms with van der Waals surface area (Å²) in [5, 5.41) is 16.3. The Labute approximate surface area is 150 Å². The number of hydrogen-bond acceptors (Lipinski definition) is 6. The van der Waals surface area contributed by atoms with E-state index in [9.17, 15) is 19.7 Å². The van der Waals surface area contributed by atoms with Crippen molar-refractivity contribution >= 4 is 28.9 Å². The number of amides is 1. The number of esters is 1. The summed E-state index contributed by atoms with van der Waals surface area (Å²) in [6, 6.07) is 9.23. The molecular weight excluding hydrogens is 338 g/mol. The zero-order valence-electron chi connectivity index (χ0n) is 14.7. The van der Waals surface area contributed by atoms with Crippen LogP contribution in [0.1, 0.15) is 21.5 Å². The fourth-order valence-corrected chi connectivity index (χ4v) is 2.26. The molecule has 0 unspecified atom stereocenters. The van der Waals surface area contributed by atoms with Crippen molar-refractivity contribution in [2.24, 2.45) is 0 Å². The van der Waals surface area contributed by atoms with E-state index >= 15 is 0 Å². The van der Waals surface area contributed by atoms with Crippen LogP contribution in [-0.4, -0.2) is 30.5 Å². The van der Waals surface area contributed by atoms with Crippen LogP contribution in [0.15, 0.2) is 36.4 Å². The molecule has 26 heavy (non-hydrogen) atoms. The molecule has 2 N–H and O–H groups in total. The first-order chi connectivity index (χ1) is 12.3. The smallest absolute Gasteiger partial charge is 0.341 e. The van der Waals surface area contributed by atoms with Crippen LogP contribution in [0.3, 0.4) is 0 Å². The van der Waals surface area contributed by atoms with E-state index in [0.717, 1.165) is 17.2 Å². The zero-order valence-corrected chi connectivity index (χ0v) is 14.7. The van der Waals surface area contributed by atoms with Gasteiger partial charge in [0.05, 0.1) is 10.5 Å². The highest BCUT2D eigenvalue weighted by molar-refractivity contribution is 5.99. The molecule has 136 valence electrons. The maximum atomic E-state index is 12.2. The van der Waals surface area contributed by atoms with Crippen molar-refractivity contribution < 1.29 is 19.2 Å². The third kappa shape index (κ3) is 4.56. The van der Waals surface area contributed by atoms with Gasteiger partial charge in [-0.1, -0.05) is 6.07 Å². The third-order valence-electron chi connectivity index (χ3n) is 3.83. The highest BCUT2D eigenvalue weighted by atomic mass is 16.6. The van der Waals surface area contributed by atoms with Crippen molar-refractivity contribution in [3.05, 3.63) is 63.2 Å². The maximum Gasteiger partial charge on any atom is 0.341 e. The first-order valence-corrected chi connectivity index (χ1v) is 7.82. The average Bonchev–Trinajstić information content (AvgIpc) is 2.62. The maximum absolute atomic E-state index is 12.2. The van der Waals surface area contributed by atoms with Crippen molar-refractivity contribution in [2.45, 2.75) is 13.8 Å². The van der Waals surface area contributed by atoms with Crippen LogP contribution in [0, 0.1) is 24.0 Å². The van der Waals surface area contributed by atoms with Gasteiger partial charge < -0.3 is 15.4 Å². The van der Waals surface area contributed by atoms with Crippen LogP contribution in [0.5, 0.6) is 0 Å². The first kappa shape index (κ1) is 18.9. The fourth-order valence-electron chi connectivity index (χ4n) is 2.26. The van der Waals surface area contributed by atoms with Gasteiger partial charge in [-0.2, -0.15) is 0 Å². The van der Waals surface area contributed by atoms with Gasteiger partial charge in [-0.05, 0) is 43.2 Å². The Morgan fingerprint density at radius 1 is 1.12 bits per heavy atom. The number of nitrogens with one attached hydrogen (secondary N) is 2. The van der Waals surface area contributed by atoms with Crippen LogP contribution < -0.4 is 10.6 Å². The van der Waals surface area contributed by atoms with Gasteiger partial charge in [0.1, 0.15) is 0 Å². The molecule has 0 aromatic heterocycles. The van der Waals surface area contributed by atoms with Crippen LogP contribution >= 0.6 is 0 Å². The second-order valence-electron chi connectivity index (χ2n) is 5.66. The number of benzene rings is 2. The van der Waals surface area contributed by atoms with Crippen molar-refractivity contribution in [3.8, 4) is 0 Å². The van der Waals surface area contributed by atoms with E-state index in [2.05, 4.69) is 10.6 Å². The van der Waals surface area contributed by atoms with E-state index < -0.39 is 23.4 Å². The summed E-state index contributed by atoms with van der Waals surface area (Å²) in [6.07, 6.45) is 0. The molecule has 0 spiro atoms. The van der Waals surface area contributed by atoms with E-state index in [1.165, 1.54) is 12.1 Å². The summed E-state index contributed by atoms with van der Waals surface area (Å²) in [5.41, 5.74) is 2.83. The van der Waals surface area contributed by atoms with Gasteiger partial charge >= 0.3 is 5.97 Å². The molecule has 0 heterocycles. The molecule has 8 nitrogen and oxygen atoms in total. The first-order valence-electron chi connectivity index (χ1n) is 7.82. The lowest BCUT2D eigenvalue weighted by Gasteiger charge is -2.10. The van der Waals surface area contributed by atoms with Gasteiger partial charge in [0.15, 0.2) is 6.61 Å². The number of carbonyl (C=O) groups excluding carboxylic acids is 2. The number of nitrogens with zero attached hydrogens (tertiary/aromatic N) is 1. The highest BCUT2D eigenvalue weighted by Crippen LogP contribution is 2.22. The van der Waals surface area contributed by atoms with Crippen molar-refractivity contribution in [1.29, 1.82) is 0 Å². The number of rotatable bonds is 6. The van der Waals surface area contributed by atoms with Crippen LogP contribution in [0.25, 0.3) is 0 Å². The molecule has 0 saturated heterocycles. The Bertz CT molecular complexity index is 864. The molecular formula is C18H19N3O5. The molecule has 8 heteroatoms. The lowest BCUT2D eigenvalue weighted by molar-refractivity contribution is -0.384. The minimum Gasteiger partial charge on any atom is -0.452 e. The SMILES string of the molecule is CNc1ccc([N+](=O)[O-])cc1C(=O)OCC(=O)Nc1ccc(C)c(C)c1. The Balaban J connectivity index is 2.03. The Hall–Kier alpha value is -3.42. The molecule has 0 aliphatic carbocycles. The number of nitro benzene ring substituents is 1. The topological polar surface area (TPSA) is 111 Å². The van der Waals surface area contributed by atoms with Crippen molar-refractivity contribution in [2.75, 3.05) is 24.3 Å². The summed E-state index contributed by atoms with van der Waals surface area (Å²) in [4.78, 5) is 34.4. The lowest BCUT2D eigenvalue weighted by atomic mass is 10.1. The van der Waals surface area contributed by atoms with Gasteiger partial charge in [-0.25, -0.2) is 4.79 Å². The summed E-state index contributed by atoms with van der Waals surface area (Å²) in [6.45, 7) is 3.38. The van der Waals surface area contributed by atoms with E-state index in [1.54, 1.807) is 13.1 Å². The minimum atomic E-state index is -0.826. The molecule has 2 aromatic rings. The molecule has 0 fully saturated rings. The second kappa shape index (κ2) is 8.11. The lowest BCUT2D eigenvalue weighted by Crippen LogP contribution is -2.21. The summed E-state index contributed by atoms with van der Waals surface area (Å²) < 4.78 is 4.98. The quantitative estimate of drug-likeness (QED) is 0.467. The highest BCUT2D eigenvalue weighted by Gasteiger charge is 2.18. The van der Waals surface area contributed by atoms with Crippen LogP contribution in [0.4, 0.5) is 17.1 Å². The molecule has 0 aliphatic heterocycles. The summed E-state index contributed by atoms with van der Waals surface area (Å²) in [5.74, 6) is -1.33. The Morgan fingerprint density at radius 2 is 1.85 bits per heavy atom. The Morgan fingerprint density at radius 3 is 2.46 bits per heavy atom. The molecule has 2 rings (SSSR count).